The predicted molar refractivity (Wildman–Crippen MR) is 115 cm³/mol. The van der Waals surface area contributed by atoms with Gasteiger partial charge in [0.2, 0.25) is 0 Å². The van der Waals surface area contributed by atoms with Gasteiger partial charge in [0.05, 0.1) is 11.5 Å². The topological polar surface area (TPSA) is 113 Å². The number of aromatic amines is 1. The van der Waals surface area contributed by atoms with Crippen molar-refractivity contribution in [3.8, 4) is 0 Å². The lowest BCUT2D eigenvalue weighted by atomic mass is 10.0. The van der Waals surface area contributed by atoms with Crippen molar-refractivity contribution in [3.63, 3.8) is 0 Å². The maximum Gasteiger partial charge on any atom is 0.407 e. The monoisotopic (exact) mass is 432 g/mol. The van der Waals surface area contributed by atoms with Gasteiger partial charge in [-0.05, 0) is 62.8 Å². The fraction of sp³-hybridized carbons (Fsp3) is 0.524. The highest BCUT2D eigenvalue weighted by molar-refractivity contribution is 7.90. The molecule has 1 fully saturated rings. The van der Waals surface area contributed by atoms with Gasteiger partial charge in [0.1, 0.15) is 6.10 Å². The second-order valence-electron chi connectivity index (χ2n) is 8.50. The first-order chi connectivity index (χ1) is 14.3. The van der Waals surface area contributed by atoms with E-state index in [9.17, 15) is 13.2 Å². The lowest BCUT2D eigenvalue weighted by molar-refractivity contribution is 0.0981. The van der Waals surface area contributed by atoms with E-state index in [2.05, 4.69) is 20.8 Å². The molecule has 9 heteroatoms. The Morgan fingerprint density at radius 3 is 2.87 bits per heavy atom. The number of aromatic nitrogens is 2. The Balaban J connectivity index is 1.36. The molecule has 1 amide bonds. The third-order valence-corrected chi connectivity index (χ3v) is 7.22. The first kappa shape index (κ1) is 20.7. The lowest BCUT2D eigenvalue weighted by Gasteiger charge is -2.17. The Morgan fingerprint density at radius 1 is 1.23 bits per heavy atom. The molecule has 2 aromatic rings. The van der Waals surface area contributed by atoms with Crippen molar-refractivity contribution in [2.45, 2.75) is 63.3 Å². The summed E-state index contributed by atoms with van der Waals surface area (Å²) in [6, 6.07) is 7.82. The summed E-state index contributed by atoms with van der Waals surface area (Å²) in [5.74, 6) is 1.32. The number of sulfone groups is 1. The minimum Gasteiger partial charge on any atom is -0.446 e. The smallest absolute Gasteiger partial charge is 0.407 e. The molecule has 1 aliphatic carbocycles. The molecule has 0 saturated heterocycles. The lowest BCUT2D eigenvalue weighted by Crippen LogP contribution is -2.33. The minimum absolute atomic E-state index is 0.0592. The van der Waals surface area contributed by atoms with Crippen molar-refractivity contribution in [3.05, 3.63) is 41.1 Å². The van der Waals surface area contributed by atoms with Crippen LogP contribution < -0.4 is 10.6 Å². The average molecular weight is 433 g/mol. The van der Waals surface area contributed by atoms with Crippen LogP contribution in [-0.4, -0.2) is 42.6 Å². The SMILES string of the molecule is CC(C)NC(=O)O[C@@H]1CC[C@H](c2cc(Nc3ccc4c(c3)CCS(=O)(=O)C4)n[nH]2)C1. The molecule has 2 atom stereocenters. The first-order valence-electron chi connectivity index (χ1n) is 10.4. The van der Waals surface area contributed by atoms with Gasteiger partial charge in [0, 0.05) is 29.4 Å². The maximum absolute atomic E-state index is 11.8. The van der Waals surface area contributed by atoms with Gasteiger partial charge in [-0.3, -0.25) is 5.10 Å². The third kappa shape index (κ3) is 4.95. The molecule has 162 valence electrons. The van der Waals surface area contributed by atoms with Crippen LogP contribution in [0, 0.1) is 0 Å². The molecule has 4 rings (SSSR count). The summed E-state index contributed by atoms with van der Waals surface area (Å²) in [4.78, 5) is 11.8. The van der Waals surface area contributed by atoms with E-state index in [-0.39, 0.29) is 35.7 Å². The summed E-state index contributed by atoms with van der Waals surface area (Å²) >= 11 is 0. The number of carbonyl (C=O) groups excluding carboxylic acids is 1. The molecular weight excluding hydrogens is 404 g/mol. The number of aryl methyl sites for hydroxylation is 1. The van der Waals surface area contributed by atoms with Gasteiger partial charge in [-0.25, -0.2) is 13.2 Å². The Labute approximate surface area is 176 Å². The van der Waals surface area contributed by atoms with Crippen LogP contribution in [0.5, 0.6) is 0 Å². The van der Waals surface area contributed by atoms with Crippen LogP contribution in [0.25, 0.3) is 0 Å². The number of nitrogens with zero attached hydrogens (tertiary/aromatic N) is 1. The number of benzene rings is 1. The molecule has 30 heavy (non-hydrogen) atoms. The molecule has 2 aliphatic rings. The molecule has 0 radical (unpaired) electrons. The van der Waals surface area contributed by atoms with Gasteiger partial charge >= 0.3 is 6.09 Å². The van der Waals surface area contributed by atoms with Gasteiger partial charge in [-0.2, -0.15) is 5.10 Å². The highest BCUT2D eigenvalue weighted by atomic mass is 32.2. The van der Waals surface area contributed by atoms with Crippen LogP contribution in [-0.2, 0) is 26.7 Å². The summed E-state index contributed by atoms with van der Waals surface area (Å²) in [5, 5.41) is 13.5. The van der Waals surface area contributed by atoms with Crippen molar-refractivity contribution in [2.75, 3.05) is 11.1 Å². The number of carbonyl (C=O) groups is 1. The molecule has 3 N–H and O–H groups in total. The van der Waals surface area contributed by atoms with Crippen molar-refractivity contribution >= 4 is 27.4 Å². The largest absolute Gasteiger partial charge is 0.446 e. The van der Waals surface area contributed by atoms with E-state index in [0.29, 0.717) is 6.42 Å². The van der Waals surface area contributed by atoms with E-state index in [1.165, 1.54) is 0 Å². The zero-order chi connectivity index (χ0) is 21.3. The van der Waals surface area contributed by atoms with E-state index in [1.54, 1.807) is 0 Å². The Kier molecular flexibility index (Phi) is 5.73. The van der Waals surface area contributed by atoms with E-state index in [4.69, 9.17) is 4.74 Å². The maximum atomic E-state index is 11.8. The number of hydrogen-bond donors (Lipinski definition) is 3. The fourth-order valence-corrected chi connectivity index (χ4v) is 5.59. The summed E-state index contributed by atoms with van der Waals surface area (Å²) in [7, 11) is -2.97. The van der Waals surface area contributed by atoms with Crippen LogP contribution in [0.3, 0.4) is 0 Å². The van der Waals surface area contributed by atoms with Crippen LogP contribution in [0.4, 0.5) is 16.3 Å². The number of anilines is 2. The van der Waals surface area contributed by atoms with Crippen molar-refractivity contribution in [1.29, 1.82) is 0 Å². The number of fused-ring (bicyclic) bond motifs is 1. The number of ether oxygens (including phenoxy) is 1. The number of alkyl carbamates (subject to hydrolysis) is 1. The second kappa shape index (κ2) is 8.29. The van der Waals surface area contributed by atoms with Gasteiger partial charge in [-0.15, -0.1) is 0 Å². The highest BCUT2D eigenvalue weighted by Crippen LogP contribution is 2.36. The molecule has 1 aromatic heterocycles. The molecule has 1 aromatic carbocycles. The first-order valence-corrected chi connectivity index (χ1v) is 12.2. The number of amides is 1. The summed E-state index contributed by atoms with van der Waals surface area (Å²) < 4.78 is 29.1. The summed E-state index contributed by atoms with van der Waals surface area (Å²) in [6.07, 6.45) is 2.67. The summed E-state index contributed by atoms with van der Waals surface area (Å²) in [6.45, 7) is 3.81. The molecule has 2 heterocycles. The summed E-state index contributed by atoms with van der Waals surface area (Å²) in [5.41, 5.74) is 3.87. The predicted octanol–water partition coefficient (Wildman–Crippen LogP) is 3.39. The quantitative estimate of drug-likeness (QED) is 0.667. The molecule has 1 saturated carbocycles. The normalized spacial score (nSPS) is 22.5. The van der Waals surface area contributed by atoms with Crippen LogP contribution in [0.1, 0.15) is 55.8 Å². The number of hydrogen-bond acceptors (Lipinski definition) is 6. The minimum atomic E-state index is -2.97. The molecule has 0 bridgehead atoms. The molecule has 8 nitrogen and oxygen atoms in total. The highest BCUT2D eigenvalue weighted by Gasteiger charge is 2.30. The van der Waals surface area contributed by atoms with Gasteiger partial charge in [0.15, 0.2) is 15.7 Å². The van der Waals surface area contributed by atoms with E-state index in [0.717, 1.165) is 47.6 Å². The van der Waals surface area contributed by atoms with Gasteiger partial charge < -0.3 is 15.4 Å². The number of nitrogens with one attached hydrogen (secondary N) is 3. The third-order valence-electron chi connectivity index (χ3n) is 5.64. The van der Waals surface area contributed by atoms with E-state index in [1.807, 2.05) is 38.1 Å². The van der Waals surface area contributed by atoms with Gasteiger partial charge in [-0.1, -0.05) is 6.07 Å². The van der Waals surface area contributed by atoms with Crippen molar-refractivity contribution < 1.29 is 17.9 Å². The standard InChI is InChI=1S/C21H28N4O4S/c1-13(2)22-21(26)29-18-6-4-15(10-18)19-11-20(25-24-19)23-17-5-3-16-12-30(27,28)8-7-14(16)9-17/h3,5,9,11,13,15,18H,4,6-8,10,12H2,1-2H3,(H,22,26)(H2,23,24,25)/t15-,18+/m0/s1. The van der Waals surface area contributed by atoms with Crippen molar-refractivity contribution in [1.82, 2.24) is 15.5 Å². The zero-order valence-electron chi connectivity index (χ0n) is 17.3. The molecule has 0 unspecified atom stereocenters. The Hall–Kier alpha value is -2.55. The second-order valence-corrected chi connectivity index (χ2v) is 10.7. The van der Waals surface area contributed by atoms with E-state index >= 15 is 0 Å². The number of rotatable bonds is 5. The molecule has 0 spiro atoms. The average Bonchev–Trinajstić information content (AvgIpc) is 3.30. The van der Waals surface area contributed by atoms with Gasteiger partial charge in [0.25, 0.3) is 0 Å². The molecule has 1 aliphatic heterocycles. The fourth-order valence-electron chi connectivity index (χ4n) is 4.16. The number of H-pyrrole nitrogens is 1. The Morgan fingerprint density at radius 2 is 2.07 bits per heavy atom. The van der Waals surface area contributed by atoms with Crippen LogP contribution >= 0.6 is 0 Å². The van der Waals surface area contributed by atoms with Crippen LogP contribution in [0.2, 0.25) is 0 Å². The molecular formula is C21H28N4O4S. The van der Waals surface area contributed by atoms with Crippen molar-refractivity contribution in [2.24, 2.45) is 0 Å². The zero-order valence-corrected chi connectivity index (χ0v) is 18.1. The van der Waals surface area contributed by atoms with Crippen LogP contribution in [0.15, 0.2) is 24.3 Å². The van der Waals surface area contributed by atoms with E-state index < -0.39 is 9.84 Å². The Bertz CT molecular complexity index is 1030.